The van der Waals surface area contributed by atoms with E-state index in [9.17, 15) is 8.42 Å². The fourth-order valence-corrected chi connectivity index (χ4v) is 5.12. The molecule has 0 spiro atoms. The first-order valence-corrected chi connectivity index (χ1v) is 9.09. The van der Waals surface area contributed by atoms with Crippen LogP contribution in [0.1, 0.15) is 25.7 Å². The molecule has 1 aliphatic rings. The van der Waals surface area contributed by atoms with Gasteiger partial charge in [-0.05, 0) is 59.7 Å². The number of hydrogen-bond acceptors (Lipinski definition) is 3. The zero-order valence-corrected chi connectivity index (χ0v) is 13.2. The number of hydrogen-bond donors (Lipinski definition) is 1. The summed E-state index contributed by atoms with van der Waals surface area (Å²) in [4.78, 5) is 0. The summed E-state index contributed by atoms with van der Waals surface area (Å²) in [6.45, 7) is 0.507. The Balaban J connectivity index is 1.85. The van der Waals surface area contributed by atoms with Gasteiger partial charge in [0.2, 0.25) is 10.0 Å². The third-order valence-electron chi connectivity index (χ3n) is 2.97. The van der Waals surface area contributed by atoms with E-state index in [4.69, 9.17) is 0 Å². The molecule has 6 heteroatoms. The summed E-state index contributed by atoms with van der Waals surface area (Å²) < 4.78 is 27.8. The van der Waals surface area contributed by atoms with E-state index >= 15 is 0 Å². The largest absolute Gasteiger partial charge is 0.250 e. The van der Waals surface area contributed by atoms with Crippen molar-refractivity contribution in [1.29, 1.82) is 0 Å². The summed E-state index contributed by atoms with van der Waals surface area (Å²) in [6, 6.07) is 3.38. The van der Waals surface area contributed by atoms with Crippen LogP contribution < -0.4 is 4.72 Å². The Bertz CT molecular complexity index is 522. The zero-order chi connectivity index (χ0) is 13.0. The van der Waals surface area contributed by atoms with Crippen LogP contribution in [0, 0.1) is 5.92 Å². The Morgan fingerprint density at radius 3 is 2.89 bits per heavy atom. The Kier molecular flexibility index (Phi) is 5.00. The van der Waals surface area contributed by atoms with Gasteiger partial charge in [-0.1, -0.05) is 12.2 Å². The number of rotatable bonds is 5. The molecule has 1 atom stereocenters. The molecule has 0 amide bonds. The number of nitrogens with one attached hydrogen (secondary N) is 1. The van der Waals surface area contributed by atoms with Crippen LogP contribution in [-0.2, 0) is 10.0 Å². The second kappa shape index (κ2) is 6.32. The first-order chi connectivity index (χ1) is 8.58. The van der Waals surface area contributed by atoms with Gasteiger partial charge in [-0.25, -0.2) is 13.1 Å². The summed E-state index contributed by atoms with van der Waals surface area (Å²) in [7, 11) is -3.33. The summed E-state index contributed by atoms with van der Waals surface area (Å²) in [5.74, 6) is 0.525. The third kappa shape index (κ3) is 3.91. The molecular formula is C12H16BrNO2S2. The van der Waals surface area contributed by atoms with Gasteiger partial charge in [0.15, 0.2) is 0 Å². The van der Waals surface area contributed by atoms with Crippen molar-refractivity contribution in [3.05, 3.63) is 28.1 Å². The van der Waals surface area contributed by atoms with Gasteiger partial charge >= 0.3 is 0 Å². The molecule has 0 fully saturated rings. The van der Waals surface area contributed by atoms with Crippen LogP contribution in [0.3, 0.4) is 0 Å². The Morgan fingerprint density at radius 2 is 2.28 bits per heavy atom. The molecule has 1 N–H and O–H groups in total. The molecule has 0 aliphatic heterocycles. The first kappa shape index (κ1) is 14.2. The fourth-order valence-electron chi connectivity index (χ4n) is 2.02. The molecule has 0 saturated heterocycles. The van der Waals surface area contributed by atoms with E-state index in [2.05, 4.69) is 32.8 Å². The van der Waals surface area contributed by atoms with Crippen LogP contribution in [-0.4, -0.2) is 15.0 Å². The minimum absolute atomic E-state index is 0.369. The maximum absolute atomic E-state index is 11.9. The van der Waals surface area contributed by atoms with Crippen molar-refractivity contribution < 1.29 is 8.42 Å². The van der Waals surface area contributed by atoms with E-state index < -0.39 is 10.0 Å². The van der Waals surface area contributed by atoms with Gasteiger partial charge in [-0.15, -0.1) is 11.3 Å². The van der Waals surface area contributed by atoms with E-state index in [1.54, 1.807) is 12.1 Å². The summed E-state index contributed by atoms with van der Waals surface area (Å²) in [5.41, 5.74) is 0. The Labute approximate surface area is 120 Å². The maximum Gasteiger partial charge on any atom is 0.250 e. The van der Waals surface area contributed by atoms with Crippen molar-refractivity contribution in [2.75, 3.05) is 6.54 Å². The lowest BCUT2D eigenvalue weighted by molar-refractivity contribution is 0.499. The highest BCUT2D eigenvalue weighted by Crippen LogP contribution is 2.26. The number of allylic oxidation sites excluding steroid dienone is 2. The lowest BCUT2D eigenvalue weighted by atomic mass is 9.93. The van der Waals surface area contributed by atoms with Gasteiger partial charge in [0.1, 0.15) is 4.21 Å². The fraction of sp³-hybridized carbons (Fsp3) is 0.500. The van der Waals surface area contributed by atoms with Gasteiger partial charge in [0, 0.05) is 6.54 Å². The molecule has 1 aromatic rings. The topological polar surface area (TPSA) is 46.2 Å². The van der Waals surface area contributed by atoms with Gasteiger partial charge in [0.25, 0.3) is 0 Å². The van der Waals surface area contributed by atoms with Crippen molar-refractivity contribution >= 4 is 37.3 Å². The van der Waals surface area contributed by atoms with Crippen molar-refractivity contribution in [3.63, 3.8) is 0 Å². The van der Waals surface area contributed by atoms with Crippen molar-refractivity contribution in [2.24, 2.45) is 5.92 Å². The Hall–Kier alpha value is -0.170. The summed E-state index contributed by atoms with van der Waals surface area (Å²) in [6.07, 6.45) is 8.82. The second-order valence-electron chi connectivity index (χ2n) is 4.36. The van der Waals surface area contributed by atoms with Crippen LogP contribution in [0.5, 0.6) is 0 Å². The van der Waals surface area contributed by atoms with E-state index in [-0.39, 0.29) is 0 Å². The van der Waals surface area contributed by atoms with E-state index in [1.165, 1.54) is 24.2 Å². The molecular weight excluding hydrogens is 334 g/mol. The third-order valence-corrected chi connectivity index (χ3v) is 6.55. The average molecular weight is 350 g/mol. The lowest BCUT2D eigenvalue weighted by Gasteiger charge is -2.16. The molecule has 0 radical (unpaired) electrons. The SMILES string of the molecule is O=S(=O)(NCC[C@@H]1C=CCCC1)c1ccc(Br)s1. The van der Waals surface area contributed by atoms with E-state index in [0.29, 0.717) is 16.7 Å². The van der Waals surface area contributed by atoms with Crippen molar-refractivity contribution in [3.8, 4) is 0 Å². The van der Waals surface area contributed by atoms with Crippen LogP contribution in [0.15, 0.2) is 32.3 Å². The highest BCUT2D eigenvalue weighted by atomic mass is 79.9. The van der Waals surface area contributed by atoms with Gasteiger partial charge in [-0.2, -0.15) is 0 Å². The summed E-state index contributed by atoms with van der Waals surface area (Å²) in [5, 5.41) is 0. The van der Waals surface area contributed by atoms with Crippen molar-refractivity contribution in [1.82, 2.24) is 4.72 Å². The second-order valence-corrected chi connectivity index (χ2v) is 8.82. The van der Waals surface area contributed by atoms with Crippen LogP contribution >= 0.6 is 27.3 Å². The number of thiophene rings is 1. The van der Waals surface area contributed by atoms with Crippen LogP contribution in [0.25, 0.3) is 0 Å². The van der Waals surface area contributed by atoms with E-state index in [0.717, 1.165) is 16.6 Å². The quantitative estimate of drug-likeness (QED) is 0.826. The predicted molar refractivity (Wildman–Crippen MR) is 78.3 cm³/mol. The summed E-state index contributed by atoms with van der Waals surface area (Å²) >= 11 is 4.51. The molecule has 2 rings (SSSR count). The van der Waals surface area contributed by atoms with Gasteiger partial charge < -0.3 is 0 Å². The van der Waals surface area contributed by atoms with Crippen LogP contribution in [0.4, 0.5) is 0 Å². The molecule has 1 aromatic heterocycles. The Morgan fingerprint density at radius 1 is 1.44 bits per heavy atom. The standard InChI is InChI=1S/C12H16BrNO2S2/c13-11-6-7-12(17-11)18(15,16)14-9-8-10-4-2-1-3-5-10/h2,4,6-7,10,14H,1,3,5,8-9H2/t10-/m1/s1. The normalized spacial score (nSPS) is 20.2. The lowest BCUT2D eigenvalue weighted by Crippen LogP contribution is -2.25. The molecule has 0 unspecified atom stereocenters. The highest BCUT2D eigenvalue weighted by Gasteiger charge is 2.16. The van der Waals surface area contributed by atoms with Gasteiger partial charge in [-0.3, -0.25) is 0 Å². The minimum atomic E-state index is -3.33. The molecule has 1 aliphatic carbocycles. The van der Waals surface area contributed by atoms with Crippen molar-refractivity contribution in [2.45, 2.75) is 29.9 Å². The monoisotopic (exact) mass is 349 g/mol. The van der Waals surface area contributed by atoms with E-state index in [1.807, 2.05) is 0 Å². The smallest absolute Gasteiger partial charge is 0.210 e. The molecule has 0 bridgehead atoms. The maximum atomic E-state index is 11.9. The minimum Gasteiger partial charge on any atom is -0.210 e. The zero-order valence-electron chi connectivity index (χ0n) is 9.93. The molecule has 0 saturated carbocycles. The first-order valence-electron chi connectivity index (χ1n) is 5.99. The molecule has 0 aromatic carbocycles. The molecule has 100 valence electrons. The number of sulfonamides is 1. The average Bonchev–Trinajstić information content (AvgIpc) is 2.78. The molecule has 3 nitrogen and oxygen atoms in total. The van der Waals surface area contributed by atoms with Gasteiger partial charge in [0.05, 0.1) is 3.79 Å². The number of halogens is 1. The molecule has 1 heterocycles. The highest BCUT2D eigenvalue weighted by molar-refractivity contribution is 9.11. The molecule has 18 heavy (non-hydrogen) atoms. The van der Waals surface area contributed by atoms with Crippen LogP contribution in [0.2, 0.25) is 0 Å². The predicted octanol–water partition coefficient (Wildman–Crippen LogP) is 3.54.